The molecule has 0 saturated carbocycles. The zero-order valence-electron chi connectivity index (χ0n) is 16.2. The number of nitrogens with zero attached hydrogens (tertiary/aromatic N) is 3. The number of amides is 2. The molecule has 3 aromatic rings. The van der Waals surface area contributed by atoms with Crippen molar-refractivity contribution in [2.75, 3.05) is 36.0 Å². The van der Waals surface area contributed by atoms with Gasteiger partial charge in [0, 0.05) is 31.9 Å². The Morgan fingerprint density at radius 3 is 2.03 bits per heavy atom. The number of carbonyl (C=O) groups is 1. The van der Waals surface area contributed by atoms with Crippen molar-refractivity contribution < 1.29 is 9.18 Å². The molecule has 0 spiro atoms. The molecule has 0 bridgehead atoms. The lowest BCUT2D eigenvalue weighted by Crippen LogP contribution is -2.53. The molecule has 148 valence electrons. The summed E-state index contributed by atoms with van der Waals surface area (Å²) in [5, 5.41) is 0. The van der Waals surface area contributed by atoms with Gasteiger partial charge in [-0.25, -0.2) is 9.18 Å². The lowest BCUT2D eigenvalue weighted by Gasteiger charge is -2.38. The molecule has 4 rings (SSSR count). The van der Waals surface area contributed by atoms with E-state index in [1.54, 1.807) is 12.1 Å². The van der Waals surface area contributed by atoms with Crippen LogP contribution in [0.2, 0.25) is 0 Å². The molecule has 2 amide bonds. The summed E-state index contributed by atoms with van der Waals surface area (Å²) in [6, 6.07) is 26.5. The second-order valence-electron chi connectivity index (χ2n) is 7.12. The van der Waals surface area contributed by atoms with Gasteiger partial charge in [0.1, 0.15) is 5.82 Å². The molecule has 0 atom stereocenters. The lowest BCUT2D eigenvalue weighted by molar-refractivity contribution is 0.200. The Balaban J connectivity index is 1.49. The molecule has 1 aliphatic heterocycles. The van der Waals surface area contributed by atoms with Gasteiger partial charge < -0.3 is 9.80 Å². The van der Waals surface area contributed by atoms with E-state index in [-0.39, 0.29) is 11.8 Å². The molecule has 1 heterocycles. The van der Waals surface area contributed by atoms with Crippen molar-refractivity contribution in [1.29, 1.82) is 0 Å². The second-order valence-corrected chi connectivity index (χ2v) is 7.12. The number of benzene rings is 3. The van der Waals surface area contributed by atoms with E-state index in [2.05, 4.69) is 0 Å². The normalized spacial score (nSPS) is 14.0. The van der Waals surface area contributed by atoms with Crippen LogP contribution >= 0.6 is 0 Å². The molecular formula is C24H24FN3O. The van der Waals surface area contributed by atoms with Crippen LogP contribution in [0.25, 0.3) is 0 Å². The predicted octanol–water partition coefficient (Wildman–Crippen LogP) is 4.77. The van der Waals surface area contributed by atoms with Crippen molar-refractivity contribution in [3.05, 3.63) is 96.3 Å². The molecule has 4 nitrogen and oxygen atoms in total. The van der Waals surface area contributed by atoms with Gasteiger partial charge >= 0.3 is 6.03 Å². The average molecular weight is 389 g/mol. The zero-order valence-corrected chi connectivity index (χ0v) is 16.2. The van der Waals surface area contributed by atoms with E-state index in [0.717, 1.165) is 11.3 Å². The number of hydrogen-bond acceptors (Lipinski definition) is 2. The first-order chi connectivity index (χ1) is 14.2. The summed E-state index contributed by atoms with van der Waals surface area (Å²) in [4.78, 5) is 19.0. The second kappa shape index (κ2) is 8.78. The molecule has 0 aromatic heterocycles. The topological polar surface area (TPSA) is 26.8 Å². The summed E-state index contributed by atoms with van der Waals surface area (Å²) in [6.45, 7) is 2.86. The first-order valence-electron chi connectivity index (χ1n) is 9.87. The Morgan fingerprint density at radius 1 is 0.793 bits per heavy atom. The Hall–Kier alpha value is -3.34. The quantitative estimate of drug-likeness (QED) is 0.642. The summed E-state index contributed by atoms with van der Waals surface area (Å²) in [5.74, 6) is -0.220. The van der Waals surface area contributed by atoms with Crippen molar-refractivity contribution in [1.82, 2.24) is 4.90 Å². The number of anilines is 2. The van der Waals surface area contributed by atoms with Gasteiger partial charge in [-0.2, -0.15) is 0 Å². The summed E-state index contributed by atoms with van der Waals surface area (Å²) >= 11 is 0. The maximum atomic E-state index is 14.1. The number of urea groups is 1. The SMILES string of the molecule is O=C(N1CCN(c2ccccc2F)CC1)N(Cc1ccccc1)c1ccccc1. The van der Waals surface area contributed by atoms with Crippen molar-refractivity contribution >= 4 is 17.4 Å². The molecule has 0 aliphatic carbocycles. The Bertz CT molecular complexity index is 941. The highest BCUT2D eigenvalue weighted by molar-refractivity contribution is 5.92. The van der Waals surface area contributed by atoms with E-state index >= 15 is 0 Å². The molecule has 5 heteroatoms. The fourth-order valence-corrected chi connectivity index (χ4v) is 3.66. The van der Waals surface area contributed by atoms with Gasteiger partial charge in [-0.3, -0.25) is 4.90 Å². The van der Waals surface area contributed by atoms with E-state index in [1.165, 1.54) is 6.07 Å². The summed E-state index contributed by atoms with van der Waals surface area (Å²) in [5.41, 5.74) is 2.55. The van der Waals surface area contributed by atoms with Crippen molar-refractivity contribution in [3.8, 4) is 0 Å². The Morgan fingerprint density at radius 2 is 1.38 bits per heavy atom. The molecule has 1 saturated heterocycles. The van der Waals surface area contributed by atoms with Gasteiger partial charge in [0.2, 0.25) is 0 Å². The summed E-state index contributed by atoms with van der Waals surface area (Å²) in [6.07, 6.45) is 0. The molecule has 29 heavy (non-hydrogen) atoms. The highest BCUT2D eigenvalue weighted by Gasteiger charge is 2.27. The van der Waals surface area contributed by atoms with E-state index in [9.17, 15) is 9.18 Å². The first kappa shape index (κ1) is 19.0. The van der Waals surface area contributed by atoms with Crippen LogP contribution in [0.1, 0.15) is 5.56 Å². The maximum Gasteiger partial charge on any atom is 0.324 e. The van der Waals surface area contributed by atoms with Crippen LogP contribution in [0.15, 0.2) is 84.9 Å². The van der Waals surface area contributed by atoms with Crippen LogP contribution in [-0.2, 0) is 6.54 Å². The van der Waals surface area contributed by atoms with Gasteiger partial charge in [-0.15, -0.1) is 0 Å². The van der Waals surface area contributed by atoms with E-state index in [0.29, 0.717) is 38.4 Å². The molecule has 0 unspecified atom stereocenters. The fraction of sp³-hybridized carbons (Fsp3) is 0.208. The van der Waals surface area contributed by atoms with Crippen LogP contribution < -0.4 is 9.80 Å². The summed E-state index contributed by atoms with van der Waals surface area (Å²) in [7, 11) is 0. The lowest BCUT2D eigenvalue weighted by atomic mass is 10.2. The van der Waals surface area contributed by atoms with Crippen LogP contribution in [0.3, 0.4) is 0 Å². The monoisotopic (exact) mass is 389 g/mol. The van der Waals surface area contributed by atoms with Gasteiger partial charge in [-0.1, -0.05) is 60.7 Å². The number of rotatable bonds is 4. The van der Waals surface area contributed by atoms with Crippen LogP contribution in [0.4, 0.5) is 20.6 Å². The molecule has 0 N–H and O–H groups in total. The van der Waals surface area contributed by atoms with Crippen molar-refractivity contribution in [2.24, 2.45) is 0 Å². The number of para-hydroxylation sites is 2. The number of carbonyl (C=O) groups excluding carboxylic acids is 1. The minimum absolute atomic E-state index is 0.0202. The predicted molar refractivity (Wildman–Crippen MR) is 115 cm³/mol. The maximum absolute atomic E-state index is 14.1. The van der Waals surface area contributed by atoms with Gasteiger partial charge in [-0.05, 0) is 29.8 Å². The van der Waals surface area contributed by atoms with Gasteiger partial charge in [0.05, 0.1) is 12.2 Å². The van der Waals surface area contributed by atoms with Crippen LogP contribution in [0.5, 0.6) is 0 Å². The van der Waals surface area contributed by atoms with Crippen LogP contribution in [-0.4, -0.2) is 37.1 Å². The minimum Gasteiger partial charge on any atom is -0.366 e. The van der Waals surface area contributed by atoms with E-state index < -0.39 is 0 Å². The number of piperazine rings is 1. The van der Waals surface area contributed by atoms with E-state index in [1.807, 2.05) is 81.4 Å². The third-order valence-corrected chi connectivity index (χ3v) is 5.23. The highest BCUT2D eigenvalue weighted by atomic mass is 19.1. The average Bonchev–Trinajstić information content (AvgIpc) is 2.79. The van der Waals surface area contributed by atoms with Crippen molar-refractivity contribution in [3.63, 3.8) is 0 Å². The smallest absolute Gasteiger partial charge is 0.324 e. The highest BCUT2D eigenvalue weighted by Crippen LogP contribution is 2.23. The third kappa shape index (κ3) is 4.40. The molecule has 0 radical (unpaired) electrons. The minimum atomic E-state index is -0.220. The van der Waals surface area contributed by atoms with Gasteiger partial charge in [0.25, 0.3) is 0 Å². The standard InChI is InChI=1S/C24H24FN3O/c25-22-13-7-8-14-23(22)26-15-17-27(18-16-26)24(29)28(21-11-5-2-6-12-21)19-20-9-3-1-4-10-20/h1-14H,15-19H2. The number of hydrogen-bond donors (Lipinski definition) is 0. The molecule has 1 aliphatic rings. The molecular weight excluding hydrogens is 365 g/mol. The van der Waals surface area contributed by atoms with Gasteiger partial charge in [0.15, 0.2) is 0 Å². The number of halogens is 1. The fourth-order valence-electron chi connectivity index (χ4n) is 3.66. The first-order valence-corrected chi connectivity index (χ1v) is 9.87. The Kier molecular flexibility index (Phi) is 5.75. The van der Waals surface area contributed by atoms with E-state index in [4.69, 9.17) is 0 Å². The Labute approximate surface area is 170 Å². The molecule has 3 aromatic carbocycles. The summed E-state index contributed by atoms with van der Waals surface area (Å²) < 4.78 is 14.1. The molecule has 1 fully saturated rings. The van der Waals surface area contributed by atoms with Crippen LogP contribution in [0, 0.1) is 5.82 Å². The third-order valence-electron chi connectivity index (χ3n) is 5.23. The largest absolute Gasteiger partial charge is 0.366 e. The zero-order chi connectivity index (χ0) is 20.1. The van der Waals surface area contributed by atoms with Crippen molar-refractivity contribution in [2.45, 2.75) is 6.54 Å².